The summed E-state index contributed by atoms with van der Waals surface area (Å²) in [6.45, 7) is 8.50. The third kappa shape index (κ3) is 4.54. The highest BCUT2D eigenvalue weighted by Gasteiger charge is 2.38. The van der Waals surface area contributed by atoms with Crippen molar-refractivity contribution in [2.24, 2.45) is 0 Å². The summed E-state index contributed by atoms with van der Waals surface area (Å²) in [7, 11) is 0. The van der Waals surface area contributed by atoms with Gasteiger partial charge in [-0.3, -0.25) is 0 Å². The van der Waals surface area contributed by atoms with Crippen molar-refractivity contribution < 1.29 is 19.1 Å². The quantitative estimate of drug-likeness (QED) is 0.771. The molecule has 1 saturated heterocycles. The van der Waals surface area contributed by atoms with Crippen LogP contribution in [-0.4, -0.2) is 42.3 Å². The lowest BCUT2D eigenvalue weighted by atomic mass is 9.74. The summed E-state index contributed by atoms with van der Waals surface area (Å²) in [5.41, 5.74) is 0.127. The highest BCUT2D eigenvalue weighted by atomic mass is 16.6. The molecule has 1 fully saturated rings. The minimum atomic E-state index is -0.661. The van der Waals surface area contributed by atoms with Crippen molar-refractivity contribution in [2.45, 2.75) is 51.6 Å². The van der Waals surface area contributed by atoms with Gasteiger partial charge in [-0.15, -0.1) is 0 Å². The van der Waals surface area contributed by atoms with Gasteiger partial charge in [-0.2, -0.15) is 5.26 Å². The number of nitrogens with zero attached hydrogens (tertiary/aromatic N) is 2. The van der Waals surface area contributed by atoms with Crippen LogP contribution in [0.5, 0.6) is 0 Å². The van der Waals surface area contributed by atoms with Gasteiger partial charge in [0.25, 0.3) is 0 Å². The second kappa shape index (κ2) is 7.77. The molecule has 1 aliphatic heterocycles. The molecule has 1 heterocycles. The Labute approximate surface area is 154 Å². The van der Waals surface area contributed by atoms with Crippen LogP contribution in [0.3, 0.4) is 0 Å². The monoisotopic (exact) mass is 358 g/mol. The van der Waals surface area contributed by atoms with Crippen LogP contribution in [0.25, 0.3) is 0 Å². The molecule has 26 heavy (non-hydrogen) atoms. The van der Waals surface area contributed by atoms with Gasteiger partial charge in [0.1, 0.15) is 5.60 Å². The Morgan fingerprint density at radius 1 is 1.19 bits per heavy atom. The van der Waals surface area contributed by atoms with E-state index in [1.807, 2.05) is 20.8 Å². The zero-order valence-corrected chi connectivity index (χ0v) is 15.9. The number of carbonyl (C=O) groups is 2. The van der Waals surface area contributed by atoms with E-state index in [2.05, 4.69) is 6.07 Å². The second-order valence-electron chi connectivity index (χ2n) is 7.46. The highest BCUT2D eigenvalue weighted by Crippen LogP contribution is 2.35. The third-order valence-corrected chi connectivity index (χ3v) is 4.43. The van der Waals surface area contributed by atoms with E-state index in [-0.39, 0.29) is 12.1 Å². The lowest BCUT2D eigenvalue weighted by Gasteiger charge is -2.38. The largest absolute Gasteiger partial charge is 0.462 e. The lowest BCUT2D eigenvalue weighted by molar-refractivity contribution is 0.0185. The lowest BCUT2D eigenvalue weighted by Crippen LogP contribution is -2.46. The smallest absolute Gasteiger partial charge is 0.410 e. The molecule has 0 atom stereocenters. The minimum Gasteiger partial charge on any atom is -0.462 e. The predicted octanol–water partition coefficient (Wildman–Crippen LogP) is 3.66. The molecule has 0 bridgehead atoms. The molecule has 0 saturated carbocycles. The Kier molecular flexibility index (Phi) is 5.91. The molecule has 1 amide bonds. The Morgan fingerprint density at radius 3 is 2.23 bits per heavy atom. The van der Waals surface area contributed by atoms with Crippen LogP contribution in [0.2, 0.25) is 0 Å². The van der Waals surface area contributed by atoms with Gasteiger partial charge in [-0.05, 0) is 58.2 Å². The van der Waals surface area contributed by atoms with Gasteiger partial charge in [0.15, 0.2) is 0 Å². The van der Waals surface area contributed by atoms with Crippen molar-refractivity contribution >= 4 is 12.1 Å². The molecule has 6 heteroatoms. The number of rotatable bonds is 3. The van der Waals surface area contributed by atoms with Crippen LogP contribution in [0.4, 0.5) is 4.79 Å². The summed E-state index contributed by atoms with van der Waals surface area (Å²) in [5, 5.41) is 9.79. The van der Waals surface area contributed by atoms with Crippen LogP contribution in [0, 0.1) is 11.3 Å². The topological polar surface area (TPSA) is 79.6 Å². The molecule has 1 aromatic carbocycles. The molecule has 140 valence electrons. The van der Waals surface area contributed by atoms with Crippen LogP contribution in [0.1, 0.15) is 56.5 Å². The van der Waals surface area contributed by atoms with Gasteiger partial charge in [0.2, 0.25) is 0 Å². The van der Waals surface area contributed by atoms with Crippen LogP contribution < -0.4 is 0 Å². The van der Waals surface area contributed by atoms with Gasteiger partial charge in [0, 0.05) is 13.1 Å². The van der Waals surface area contributed by atoms with E-state index in [9.17, 15) is 14.9 Å². The number of hydrogen-bond acceptors (Lipinski definition) is 5. The van der Waals surface area contributed by atoms with Gasteiger partial charge < -0.3 is 14.4 Å². The van der Waals surface area contributed by atoms with Crippen molar-refractivity contribution in [3.63, 3.8) is 0 Å². The summed E-state index contributed by atoms with van der Waals surface area (Å²) in [6, 6.07) is 9.40. The molecule has 0 aliphatic carbocycles. The van der Waals surface area contributed by atoms with Gasteiger partial charge in [-0.25, -0.2) is 9.59 Å². The first-order valence-electron chi connectivity index (χ1n) is 8.87. The maximum Gasteiger partial charge on any atom is 0.410 e. The maximum absolute atomic E-state index is 12.2. The van der Waals surface area contributed by atoms with Crippen molar-refractivity contribution in [1.82, 2.24) is 4.90 Å². The number of piperidine rings is 1. The SMILES string of the molecule is CCOC(=O)c1ccc(C2(C#N)CCN(C(=O)OC(C)(C)C)CC2)cc1. The van der Waals surface area contributed by atoms with Crippen LogP contribution in [0.15, 0.2) is 24.3 Å². The van der Waals surface area contributed by atoms with Crippen molar-refractivity contribution in [2.75, 3.05) is 19.7 Å². The Balaban J connectivity index is 2.08. The number of nitriles is 1. The molecule has 6 nitrogen and oxygen atoms in total. The van der Waals surface area contributed by atoms with Crippen molar-refractivity contribution in [1.29, 1.82) is 5.26 Å². The number of hydrogen-bond donors (Lipinski definition) is 0. The number of likely N-dealkylation sites (tertiary alicyclic amines) is 1. The van der Waals surface area contributed by atoms with E-state index in [0.29, 0.717) is 38.1 Å². The highest BCUT2D eigenvalue weighted by molar-refractivity contribution is 5.89. The van der Waals surface area contributed by atoms with Crippen molar-refractivity contribution in [3.8, 4) is 6.07 Å². The molecule has 0 radical (unpaired) electrons. The van der Waals surface area contributed by atoms with Crippen molar-refractivity contribution in [3.05, 3.63) is 35.4 Å². The van der Waals surface area contributed by atoms with E-state index in [1.165, 1.54) is 0 Å². The molecule has 1 aromatic rings. The number of benzene rings is 1. The average Bonchev–Trinajstić information content (AvgIpc) is 2.60. The summed E-state index contributed by atoms with van der Waals surface area (Å²) in [5.74, 6) is -0.371. The number of carbonyl (C=O) groups excluding carboxylic acids is 2. The van der Waals surface area contributed by atoms with Gasteiger partial charge in [-0.1, -0.05) is 12.1 Å². The van der Waals surface area contributed by atoms with E-state index in [4.69, 9.17) is 9.47 Å². The number of ether oxygens (including phenoxy) is 2. The summed E-state index contributed by atoms with van der Waals surface area (Å²) < 4.78 is 10.4. The zero-order valence-electron chi connectivity index (χ0n) is 15.9. The number of amides is 1. The molecule has 2 rings (SSSR count). The van der Waals surface area contributed by atoms with E-state index in [1.54, 1.807) is 36.1 Å². The minimum absolute atomic E-state index is 0.323. The standard InChI is InChI=1S/C20H26N2O4/c1-5-25-17(23)15-6-8-16(9-7-15)20(14-21)10-12-22(13-11-20)18(24)26-19(2,3)4/h6-9H,5,10-13H2,1-4H3. The second-order valence-corrected chi connectivity index (χ2v) is 7.46. The Hall–Kier alpha value is -2.55. The first-order chi connectivity index (χ1) is 12.2. The fourth-order valence-corrected chi connectivity index (χ4v) is 3.00. The molecular weight excluding hydrogens is 332 g/mol. The molecule has 0 unspecified atom stereocenters. The number of esters is 1. The first-order valence-corrected chi connectivity index (χ1v) is 8.87. The molecular formula is C20H26N2O4. The van der Waals surface area contributed by atoms with Crippen LogP contribution in [-0.2, 0) is 14.9 Å². The van der Waals surface area contributed by atoms with E-state index in [0.717, 1.165) is 5.56 Å². The fourth-order valence-electron chi connectivity index (χ4n) is 3.00. The van der Waals surface area contributed by atoms with E-state index >= 15 is 0 Å². The van der Waals surface area contributed by atoms with Gasteiger partial charge >= 0.3 is 12.1 Å². The zero-order chi connectivity index (χ0) is 19.4. The summed E-state index contributed by atoms with van der Waals surface area (Å²) in [4.78, 5) is 25.6. The summed E-state index contributed by atoms with van der Waals surface area (Å²) in [6.07, 6.45) is 0.713. The Morgan fingerprint density at radius 2 is 1.77 bits per heavy atom. The Bertz CT molecular complexity index is 690. The van der Waals surface area contributed by atoms with E-state index < -0.39 is 11.0 Å². The fraction of sp³-hybridized carbons (Fsp3) is 0.550. The maximum atomic E-state index is 12.2. The predicted molar refractivity (Wildman–Crippen MR) is 96.7 cm³/mol. The molecule has 0 aromatic heterocycles. The van der Waals surface area contributed by atoms with Gasteiger partial charge in [0.05, 0.1) is 23.7 Å². The molecule has 1 aliphatic rings. The summed E-state index contributed by atoms with van der Waals surface area (Å²) >= 11 is 0. The van der Waals surface area contributed by atoms with Crippen LogP contribution >= 0.6 is 0 Å². The third-order valence-electron chi connectivity index (χ3n) is 4.43. The molecule has 0 spiro atoms. The normalized spacial score (nSPS) is 16.5. The first kappa shape index (κ1) is 19.8. The average molecular weight is 358 g/mol. The molecule has 0 N–H and O–H groups in total.